The van der Waals surface area contributed by atoms with Gasteiger partial charge in [-0.3, -0.25) is 4.90 Å². The standard InChI is InChI=1S/C14H26N4O2/c1-19-6-3-4-18(5-7-20-2)10-12-8-13-14(9-15-12)17-11-16-13/h11-12,15H,3-10H2,1-2H3,(H,16,17). The normalized spacial score (nSPS) is 18.4. The first kappa shape index (κ1) is 15.4. The Balaban J connectivity index is 1.80. The second-order valence-corrected chi connectivity index (χ2v) is 5.25. The number of aromatic amines is 1. The summed E-state index contributed by atoms with van der Waals surface area (Å²) < 4.78 is 10.3. The fraction of sp³-hybridized carbons (Fsp3) is 0.786. The summed E-state index contributed by atoms with van der Waals surface area (Å²) in [5.41, 5.74) is 2.43. The fourth-order valence-electron chi connectivity index (χ4n) is 2.62. The van der Waals surface area contributed by atoms with Crippen molar-refractivity contribution in [2.45, 2.75) is 25.4 Å². The number of methoxy groups -OCH3 is 2. The Labute approximate surface area is 120 Å². The van der Waals surface area contributed by atoms with Crippen molar-refractivity contribution >= 4 is 0 Å². The fourth-order valence-corrected chi connectivity index (χ4v) is 2.62. The van der Waals surface area contributed by atoms with Crippen LogP contribution in [0.25, 0.3) is 0 Å². The average molecular weight is 282 g/mol. The highest BCUT2D eigenvalue weighted by molar-refractivity contribution is 5.15. The molecule has 1 aromatic heterocycles. The first-order valence-corrected chi connectivity index (χ1v) is 7.28. The molecule has 0 radical (unpaired) electrons. The summed E-state index contributed by atoms with van der Waals surface area (Å²) in [6.07, 6.45) is 3.84. The van der Waals surface area contributed by atoms with Crippen LogP contribution >= 0.6 is 0 Å². The van der Waals surface area contributed by atoms with Crippen LogP contribution < -0.4 is 5.32 Å². The maximum atomic E-state index is 5.20. The quantitative estimate of drug-likeness (QED) is 0.642. The smallest absolute Gasteiger partial charge is 0.0925 e. The second-order valence-electron chi connectivity index (χ2n) is 5.25. The van der Waals surface area contributed by atoms with Gasteiger partial charge in [-0.1, -0.05) is 0 Å². The van der Waals surface area contributed by atoms with Crippen LogP contribution in [-0.2, 0) is 22.4 Å². The van der Waals surface area contributed by atoms with Gasteiger partial charge >= 0.3 is 0 Å². The summed E-state index contributed by atoms with van der Waals surface area (Å²) in [6.45, 7) is 5.50. The van der Waals surface area contributed by atoms with Gasteiger partial charge in [0, 0.05) is 59.5 Å². The van der Waals surface area contributed by atoms with Gasteiger partial charge in [0.15, 0.2) is 0 Å². The van der Waals surface area contributed by atoms with Crippen LogP contribution in [0.15, 0.2) is 6.33 Å². The average Bonchev–Trinajstić information content (AvgIpc) is 2.92. The van der Waals surface area contributed by atoms with Gasteiger partial charge in [-0.05, 0) is 6.42 Å². The van der Waals surface area contributed by atoms with Crippen molar-refractivity contribution in [3.63, 3.8) is 0 Å². The van der Waals surface area contributed by atoms with Gasteiger partial charge in [-0.2, -0.15) is 0 Å². The molecule has 1 aromatic rings. The van der Waals surface area contributed by atoms with E-state index in [-0.39, 0.29) is 0 Å². The summed E-state index contributed by atoms with van der Waals surface area (Å²) in [4.78, 5) is 10.0. The number of H-pyrrole nitrogens is 1. The summed E-state index contributed by atoms with van der Waals surface area (Å²) in [6, 6.07) is 0.463. The van der Waals surface area contributed by atoms with Crippen molar-refractivity contribution in [1.29, 1.82) is 0 Å². The van der Waals surface area contributed by atoms with Gasteiger partial charge in [0.25, 0.3) is 0 Å². The molecule has 6 nitrogen and oxygen atoms in total. The van der Waals surface area contributed by atoms with E-state index in [1.165, 1.54) is 11.4 Å². The van der Waals surface area contributed by atoms with Crippen LogP contribution in [0, 0.1) is 0 Å². The molecule has 0 saturated heterocycles. The van der Waals surface area contributed by atoms with Gasteiger partial charge in [-0.25, -0.2) is 4.98 Å². The molecule has 114 valence electrons. The molecule has 1 unspecified atom stereocenters. The molecule has 1 aliphatic rings. The third kappa shape index (κ3) is 4.56. The molecule has 0 aromatic carbocycles. The van der Waals surface area contributed by atoms with Gasteiger partial charge < -0.3 is 19.8 Å². The second kappa shape index (κ2) is 8.36. The highest BCUT2D eigenvalue weighted by Gasteiger charge is 2.21. The summed E-state index contributed by atoms with van der Waals surface area (Å²) in [7, 11) is 3.50. The third-order valence-electron chi connectivity index (χ3n) is 3.73. The number of nitrogens with one attached hydrogen (secondary N) is 2. The predicted octanol–water partition coefficient (Wildman–Crippen LogP) is 0.409. The van der Waals surface area contributed by atoms with Crippen molar-refractivity contribution in [2.75, 3.05) is 47.1 Å². The molecular formula is C14H26N4O2. The molecule has 0 bridgehead atoms. The minimum Gasteiger partial charge on any atom is -0.385 e. The lowest BCUT2D eigenvalue weighted by Crippen LogP contribution is -2.46. The molecule has 2 heterocycles. The molecular weight excluding hydrogens is 256 g/mol. The number of hydrogen-bond donors (Lipinski definition) is 2. The molecule has 0 spiro atoms. The highest BCUT2D eigenvalue weighted by atomic mass is 16.5. The van der Waals surface area contributed by atoms with Crippen molar-refractivity contribution in [3.8, 4) is 0 Å². The van der Waals surface area contributed by atoms with Crippen LogP contribution in [0.2, 0.25) is 0 Å². The van der Waals surface area contributed by atoms with E-state index in [2.05, 4.69) is 20.2 Å². The zero-order valence-corrected chi connectivity index (χ0v) is 12.5. The van der Waals surface area contributed by atoms with Crippen LogP contribution in [0.3, 0.4) is 0 Å². The largest absolute Gasteiger partial charge is 0.385 e. The zero-order chi connectivity index (χ0) is 14.2. The highest BCUT2D eigenvalue weighted by Crippen LogP contribution is 2.13. The third-order valence-corrected chi connectivity index (χ3v) is 3.73. The van der Waals surface area contributed by atoms with E-state index >= 15 is 0 Å². The maximum Gasteiger partial charge on any atom is 0.0925 e. The predicted molar refractivity (Wildman–Crippen MR) is 77.7 cm³/mol. The summed E-state index contributed by atoms with van der Waals surface area (Å²) in [5.74, 6) is 0. The minimum absolute atomic E-state index is 0.463. The van der Waals surface area contributed by atoms with Crippen LogP contribution in [-0.4, -0.2) is 68.0 Å². The van der Waals surface area contributed by atoms with E-state index in [4.69, 9.17) is 9.47 Å². The van der Waals surface area contributed by atoms with E-state index in [1.54, 1.807) is 20.5 Å². The monoisotopic (exact) mass is 282 g/mol. The Bertz CT molecular complexity index is 383. The van der Waals surface area contributed by atoms with Gasteiger partial charge in [0.05, 0.1) is 24.3 Å². The van der Waals surface area contributed by atoms with E-state index in [0.29, 0.717) is 6.04 Å². The molecule has 20 heavy (non-hydrogen) atoms. The number of nitrogens with zero attached hydrogens (tertiary/aromatic N) is 2. The Morgan fingerprint density at radius 2 is 2.15 bits per heavy atom. The van der Waals surface area contributed by atoms with Crippen molar-refractivity contribution in [1.82, 2.24) is 20.2 Å². The number of imidazole rings is 1. The lowest BCUT2D eigenvalue weighted by atomic mass is 10.0. The number of fused-ring (bicyclic) bond motifs is 1. The Hall–Kier alpha value is -0.950. The summed E-state index contributed by atoms with van der Waals surface area (Å²) in [5, 5.41) is 3.57. The number of aromatic nitrogens is 2. The minimum atomic E-state index is 0.463. The maximum absolute atomic E-state index is 5.20. The number of ether oxygens (including phenoxy) is 2. The molecule has 2 N–H and O–H groups in total. The Kier molecular flexibility index (Phi) is 6.46. The van der Waals surface area contributed by atoms with Gasteiger partial charge in [-0.15, -0.1) is 0 Å². The van der Waals surface area contributed by atoms with Crippen molar-refractivity contribution < 1.29 is 9.47 Å². The van der Waals surface area contributed by atoms with Crippen molar-refractivity contribution in [3.05, 3.63) is 17.7 Å². The van der Waals surface area contributed by atoms with E-state index < -0.39 is 0 Å². The van der Waals surface area contributed by atoms with Gasteiger partial charge in [0.2, 0.25) is 0 Å². The van der Waals surface area contributed by atoms with Crippen LogP contribution in [0.1, 0.15) is 17.8 Å². The Morgan fingerprint density at radius 3 is 2.95 bits per heavy atom. The van der Waals surface area contributed by atoms with E-state index in [1.807, 2.05) is 0 Å². The summed E-state index contributed by atoms with van der Waals surface area (Å²) >= 11 is 0. The van der Waals surface area contributed by atoms with E-state index in [9.17, 15) is 0 Å². The van der Waals surface area contributed by atoms with Crippen molar-refractivity contribution in [2.24, 2.45) is 0 Å². The SMILES string of the molecule is COCCCN(CCOC)CC1Cc2nc[nH]c2CN1. The molecule has 1 aliphatic heterocycles. The van der Waals surface area contributed by atoms with Crippen LogP contribution in [0.4, 0.5) is 0 Å². The lowest BCUT2D eigenvalue weighted by Gasteiger charge is -2.30. The Morgan fingerprint density at radius 1 is 1.30 bits per heavy atom. The topological polar surface area (TPSA) is 62.4 Å². The number of hydrogen-bond acceptors (Lipinski definition) is 5. The lowest BCUT2D eigenvalue weighted by molar-refractivity contribution is 0.125. The molecule has 6 heteroatoms. The zero-order valence-electron chi connectivity index (χ0n) is 12.5. The van der Waals surface area contributed by atoms with Gasteiger partial charge in [0.1, 0.15) is 0 Å². The number of rotatable bonds is 9. The van der Waals surface area contributed by atoms with E-state index in [0.717, 1.165) is 52.2 Å². The first-order chi connectivity index (χ1) is 9.83. The van der Waals surface area contributed by atoms with Crippen LogP contribution in [0.5, 0.6) is 0 Å². The molecule has 1 atom stereocenters. The molecule has 2 rings (SSSR count). The molecule has 0 amide bonds. The molecule has 0 aliphatic carbocycles. The molecule has 0 fully saturated rings. The molecule has 0 saturated carbocycles. The first-order valence-electron chi connectivity index (χ1n) is 7.28.